The molecular weight excluding hydrogens is 350 g/mol. The van der Waals surface area contributed by atoms with E-state index in [1.165, 1.54) is 4.88 Å². The Bertz CT molecular complexity index is 850. The number of guanidine groups is 1. The van der Waals surface area contributed by atoms with Crippen molar-refractivity contribution in [2.75, 3.05) is 13.1 Å². The summed E-state index contributed by atoms with van der Waals surface area (Å²) < 4.78 is 5.30. The van der Waals surface area contributed by atoms with Crippen LogP contribution in [0.4, 0.5) is 0 Å². The SMILES string of the molecule is CCNC(=NCc1sc(C)nc1C)NCCc1nc(-c2ccco2)n[nH]1. The average molecular weight is 373 g/mol. The summed E-state index contributed by atoms with van der Waals surface area (Å²) in [5.74, 6) is 2.81. The van der Waals surface area contributed by atoms with E-state index in [4.69, 9.17) is 4.42 Å². The van der Waals surface area contributed by atoms with Crippen molar-refractivity contribution in [2.24, 2.45) is 4.99 Å². The van der Waals surface area contributed by atoms with E-state index in [1.807, 2.05) is 32.9 Å². The number of hydrogen-bond donors (Lipinski definition) is 3. The minimum absolute atomic E-state index is 0.571. The molecule has 0 atom stereocenters. The lowest BCUT2D eigenvalue weighted by atomic mass is 10.4. The minimum Gasteiger partial charge on any atom is -0.461 e. The van der Waals surface area contributed by atoms with Crippen LogP contribution < -0.4 is 10.6 Å². The van der Waals surface area contributed by atoms with Crippen LogP contribution in [-0.2, 0) is 13.0 Å². The maximum Gasteiger partial charge on any atom is 0.216 e. The Labute approximate surface area is 156 Å². The lowest BCUT2D eigenvalue weighted by Gasteiger charge is -2.10. The fraction of sp³-hybridized carbons (Fsp3) is 0.412. The van der Waals surface area contributed by atoms with Crippen molar-refractivity contribution in [1.29, 1.82) is 0 Å². The second-order valence-electron chi connectivity index (χ2n) is 5.70. The van der Waals surface area contributed by atoms with Gasteiger partial charge >= 0.3 is 0 Å². The van der Waals surface area contributed by atoms with E-state index in [1.54, 1.807) is 17.6 Å². The number of furan rings is 1. The molecule has 3 aromatic rings. The standard InChI is InChI=1S/C17H23N7OS/c1-4-18-17(20-10-14-11(2)21-12(3)26-14)19-8-7-15-22-16(24-23-15)13-6-5-9-25-13/h5-6,9H,4,7-8,10H2,1-3H3,(H2,18,19,20)(H,22,23,24). The van der Waals surface area contributed by atoms with E-state index >= 15 is 0 Å². The molecule has 0 radical (unpaired) electrons. The van der Waals surface area contributed by atoms with E-state index < -0.39 is 0 Å². The maximum atomic E-state index is 5.30. The zero-order valence-corrected chi connectivity index (χ0v) is 16.0. The monoisotopic (exact) mass is 373 g/mol. The van der Waals surface area contributed by atoms with Gasteiger partial charge in [-0.05, 0) is 32.9 Å². The van der Waals surface area contributed by atoms with Crippen LogP contribution >= 0.6 is 11.3 Å². The van der Waals surface area contributed by atoms with Crippen molar-refractivity contribution in [3.8, 4) is 11.6 Å². The normalized spacial score (nSPS) is 11.7. The van der Waals surface area contributed by atoms with Crippen LogP contribution in [0, 0.1) is 13.8 Å². The number of aromatic amines is 1. The smallest absolute Gasteiger partial charge is 0.216 e. The maximum absolute atomic E-state index is 5.30. The molecule has 0 aliphatic heterocycles. The molecule has 0 saturated carbocycles. The molecule has 3 N–H and O–H groups in total. The fourth-order valence-electron chi connectivity index (χ4n) is 2.44. The third kappa shape index (κ3) is 4.69. The molecule has 0 aliphatic rings. The number of aromatic nitrogens is 4. The number of aryl methyl sites for hydroxylation is 2. The zero-order chi connectivity index (χ0) is 18.4. The molecule has 9 heteroatoms. The highest BCUT2D eigenvalue weighted by atomic mass is 32.1. The number of H-pyrrole nitrogens is 1. The second-order valence-corrected chi connectivity index (χ2v) is 6.98. The van der Waals surface area contributed by atoms with Crippen molar-refractivity contribution in [2.45, 2.75) is 33.7 Å². The van der Waals surface area contributed by atoms with Gasteiger partial charge in [0.05, 0.1) is 23.5 Å². The highest BCUT2D eigenvalue weighted by Crippen LogP contribution is 2.17. The van der Waals surface area contributed by atoms with Crippen LogP contribution in [0.5, 0.6) is 0 Å². The van der Waals surface area contributed by atoms with Gasteiger partial charge in [-0.25, -0.2) is 15.0 Å². The zero-order valence-electron chi connectivity index (χ0n) is 15.2. The molecule has 0 spiro atoms. The topological polar surface area (TPSA) is 104 Å². The summed E-state index contributed by atoms with van der Waals surface area (Å²) in [5.41, 5.74) is 1.05. The molecular formula is C17H23N7OS. The van der Waals surface area contributed by atoms with Gasteiger partial charge in [0.25, 0.3) is 0 Å². The number of nitrogens with zero attached hydrogens (tertiary/aromatic N) is 4. The molecule has 138 valence electrons. The molecule has 0 aromatic carbocycles. The molecule has 0 aliphatic carbocycles. The molecule has 8 nitrogen and oxygen atoms in total. The van der Waals surface area contributed by atoms with Crippen molar-refractivity contribution in [1.82, 2.24) is 30.8 Å². The highest BCUT2D eigenvalue weighted by Gasteiger charge is 2.08. The van der Waals surface area contributed by atoms with E-state index in [-0.39, 0.29) is 0 Å². The fourth-order valence-corrected chi connectivity index (χ4v) is 3.30. The number of nitrogens with one attached hydrogen (secondary N) is 3. The van der Waals surface area contributed by atoms with Crippen molar-refractivity contribution in [3.63, 3.8) is 0 Å². The Morgan fingerprint density at radius 3 is 2.88 bits per heavy atom. The lowest BCUT2D eigenvalue weighted by Crippen LogP contribution is -2.38. The van der Waals surface area contributed by atoms with E-state index in [2.05, 4.69) is 35.8 Å². The van der Waals surface area contributed by atoms with Gasteiger partial charge in [-0.1, -0.05) is 0 Å². The predicted molar refractivity (Wildman–Crippen MR) is 102 cm³/mol. The van der Waals surface area contributed by atoms with E-state index in [0.717, 1.165) is 29.0 Å². The first-order valence-corrected chi connectivity index (χ1v) is 9.37. The molecule has 0 unspecified atom stereocenters. The van der Waals surface area contributed by atoms with Gasteiger partial charge in [0.2, 0.25) is 5.82 Å². The van der Waals surface area contributed by atoms with Crippen LogP contribution in [0.15, 0.2) is 27.8 Å². The molecule has 3 heterocycles. The lowest BCUT2D eigenvalue weighted by molar-refractivity contribution is 0.577. The third-order valence-electron chi connectivity index (χ3n) is 3.65. The average Bonchev–Trinajstić information content (AvgIpc) is 3.34. The Hall–Kier alpha value is -2.68. The van der Waals surface area contributed by atoms with Crippen molar-refractivity contribution in [3.05, 3.63) is 39.8 Å². The van der Waals surface area contributed by atoms with Gasteiger partial charge < -0.3 is 15.1 Å². The summed E-state index contributed by atoms with van der Waals surface area (Å²) >= 11 is 1.69. The summed E-state index contributed by atoms with van der Waals surface area (Å²) in [5, 5.41) is 14.8. The number of thiazole rings is 1. The van der Waals surface area contributed by atoms with Gasteiger partial charge in [-0.2, -0.15) is 5.10 Å². The molecule has 0 saturated heterocycles. The van der Waals surface area contributed by atoms with Crippen LogP contribution in [0.3, 0.4) is 0 Å². The number of hydrogen-bond acceptors (Lipinski definition) is 6. The summed E-state index contributed by atoms with van der Waals surface area (Å²) in [6.07, 6.45) is 2.31. The van der Waals surface area contributed by atoms with Crippen molar-refractivity contribution >= 4 is 17.3 Å². The van der Waals surface area contributed by atoms with Crippen LogP contribution in [-0.4, -0.2) is 39.2 Å². The van der Waals surface area contributed by atoms with Crippen LogP contribution in [0.2, 0.25) is 0 Å². The summed E-state index contributed by atoms with van der Waals surface area (Å²) in [7, 11) is 0. The van der Waals surface area contributed by atoms with E-state index in [9.17, 15) is 0 Å². The molecule has 0 amide bonds. The van der Waals surface area contributed by atoms with Gasteiger partial charge in [-0.15, -0.1) is 11.3 Å². The Morgan fingerprint density at radius 1 is 1.31 bits per heavy atom. The number of rotatable bonds is 7. The number of aliphatic imine (C=N–C) groups is 1. The molecule has 0 fully saturated rings. The third-order valence-corrected chi connectivity index (χ3v) is 4.71. The largest absolute Gasteiger partial charge is 0.461 e. The molecule has 3 aromatic heterocycles. The Balaban J connectivity index is 1.53. The van der Waals surface area contributed by atoms with Gasteiger partial charge in [0.15, 0.2) is 11.7 Å². The van der Waals surface area contributed by atoms with Gasteiger partial charge in [-0.3, -0.25) is 5.10 Å². The molecule has 0 bridgehead atoms. The second kappa shape index (κ2) is 8.61. The molecule has 3 rings (SSSR count). The minimum atomic E-state index is 0.571. The first-order chi connectivity index (χ1) is 12.7. The highest BCUT2D eigenvalue weighted by molar-refractivity contribution is 7.11. The Morgan fingerprint density at radius 2 is 2.19 bits per heavy atom. The van der Waals surface area contributed by atoms with Crippen LogP contribution in [0.25, 0.3) is 11.6 Å². The summed E-state index contributed by atoms with van der Waals surface area (Å²) in [6.45, 7) is 8.21. The van der Waals surface area contributed by atoms with Gasteiger partial charge in [0, 0.05) is 24.4 Å². The van der Waals surface area contributed by atoms with Crippen molar-refractivity contribution < 1.29 is 4.42 Å². The van der Waals surface area contributed by atoms with E-state index in [0.29, 0.717) is 31.1 Å². The quantitative estimate of drug-likeness (QED) is 0.434. The van der Waals surface area contributed by atoms with Gasteiger partial charge in [0.1, 0.15) is 5.82 Å². The summed E-state index contributed by atoms with van der Waals surface area (Å²) in [6, 6.07) is 3.66. The summed E-state index contributed by atoms with van der Waals surface area (Å²) in [4.78, 5) is 14.7. The Kier molecular flexibility index (Phi) is 6.00. The van der Waals surface area contributed by atoms with Crippen LogP contribution in [0.1, 0.15) is 28.3 Å². The predicted octanol–water partition coefficient (Wildman–Crippen LogP) is 2.44. The first-order valence-electron chi connectivity index (χ1n) is 8.56. The molecule has 26 heavy (non-hydrogen) atoms. The first kappa shape index (κ1) is 18.1.